The van der Waals surface area contributed by atoms with Crippen molar-refractivity contribution in [3.63, 3.8) is 0 Å². The summed E-state index contributed by atoms with van der Waals surface area (Å²) in [5.74, 6) is -0.595. The number of aryl methyl sites for hydroxylation is 1. The molecule has 0 saturated heterocycles. The van der Waals surface area contributed by atoms with Crippen LogP contribution in [0.1, 0.15) is 17.0 Å². The molecule has 0 fully saturated rings. The molecule has 94 valence electrons. The smallest absolute Gasteiger partial charge is 0.312 e. The molecule has 1 atom stereocenters. The van der Waals surface area contributed by atoms with Crippen LogP contribution in [-0.4, -0.2) is 31.8 Å². The Morgan fingerprint density at radius 1 is 1.35 bits per heavy atom. The summed E-state index contributed by atoms with van der Waals surface area (Å²) in [7, 11) is 3.04. The number of carboxylic acids is 1. The normalized spacial score (nSPS) is 12.0. The molecule has 0 saturated carbocycles. The topological polar surface area (TPSA) is 81.8 Å². The van der Waals surface area contributed by atoms with Crippen LogP contribution < -0.4 is 15.2 Å². The van der Waals surface area contributed by atoms with Crippen molar-refractivity contribution in [3.05, 3.63) is 23.3 Å². The van der Waals surface area contributed by atoms with Gasteiger partial charge in [-0.25, -0.2) is 0 Å². The van der Waals surface area contributed by atoms with Crippen molar-refractivity contribution < 1.29 is 19.4 Å². The highest BCUT2D eigenvalue weighted by molar-refractivity contribution is 5.78. The van der Waals surface area contributed by atoms with Gasteiger partial charge in [0.15, 0.2) is 0 Å². The third-order valence-electron chi connectivity index (χ3n) is 2.66. The Labute approximate surface area is 100 Å². The van der Waals surface area contributed by atoms with Crippen molar-refractivity contribution in [1.29, 1.82) is 0 Å². The molecule has 0 spiro atoms. The summed E-state index contributed by atoms with van der Waals surface area (Å²) in [4.78, 5) is 11.1. The SMILES string of the molecule is COc1cc(OC)c(C(CN)C(=O)O)cc1C. The van der Waals surface area contributed by atoms with Gasteiger partial charge in [0.2, 0.25) is 0 Å². The lowest BCUT2D eigenvalue weighted by Gasteiger charge is -2.17. The second kappa shape index (κ2) is 5.54. The van der Waals surface area contributed by atoms with Crippen molar-refractivity contribution in [2.75, 3.05) is 20.8 Å². The summed E-state index contributed by atoms with van der Waals surface area (Å²) < 4.78 is 10.3. The Morgan fingerprint density at radius 2 is 1.94 bits per heavy atom. The molecular formula is C12H17NO4. The predicted octanol–water partition coefficient (Wildman–Crippen LogP) is 1.14. The maximum atomic E-state index is 11.1. The van der Waals surface area contributed by atoms with E-state index in [0.717, 1.165) is 5.56 Å². The monoisotopic (exact) mass is 239 g/mol. The number of methoxy groups -OCH3 is 2. The summed E-state index contributed by atoms with van der Waals surface area (Å²) >= 11 is 0. The third-order valence-corrected chi connectivity index (χ3v) is 2.66. The average molecular weight is 239 g/mol. The molecule has 0 bridgehead atoms. The van der Waals surface area contributed by atoms with E-state index in [2.05, 4.69) is 0 Å². The maximum absolute atomic E-state index is 11.1. The fourth-order valence-electron chi connectivity index (χ4n) is 1.72. The van der Waals surface area contributed by atoms with Gasteiger partial charge in [0.05, 0.1) is 20.1 Å². The Kier molecular flexibility index (Phi) is 4.34. The zero-order valence-electron chi connectivity index (χ0n) is 10.2. The minimum atomic E-state index is -0.963. The van der Waals surface area contributed by atoms with Gasteiger partial charge < -0.3 is 20.3 Å². The van der Waals surface area contributed by atoms with Crippen molar-refractivity contribution >= 4 is 5.97 Å². The van der Waals surface area contributed by atoms with Crippen molar-refractivity contribution in [3.8, 4) is 11.5 Å². The van der Waals surface area contributed by atoms with E-state index in [9.17, 15) is 4.79 Å². The summed E-state index contributed by atoms with van der Waals surface area (Å²) in [6.45, 7) is 1.87. The van der Waals surface area contributed by atoms with Crippen LogP contribution in [0.2, 0.25) is 0 Å². The second-order valence-corrected chi connectivity index (χ2v) is 3.69. The van der Waals surface area contributed by atoms with Gasteiger partial charge in [0.25, 0.3) is 0 Å². The van der Waals surface area contributed by atoms with E-state index >= 15 is 0 Å². The molecule has 0 amide bonds. The molecule has 1 unspecified atom stereocenters. The van der Waals surface area contributed by atoms with Crippen LogP contribution >= 0.6 is 0 Å². The molecule has 0 heterocycles. The second-order valence-electron chi connectivity index (χ2n) is 3.69. The first-order valence-corrected chi connectivity index (χ1v) is 5.20. The van der Waals surface area contributed by atoms with E-state index in [0.29, 0.717) is 17.1 Å². The lowest BCUT2D eigenvalue weighted by Crippen LogP contribution is -2.21. The third kappa shape index (κ3) is 2.68. The van der Waals surface area contributed by atoms with Crippen molar-refractivity contribution in [2.45, 2.75) is 12.8 Å². The van der Waals surface area contributed by atoms with E-state index in [1.807, 2.05) is 6.92 Å². The quantitative estimate of drug-likeness (QED) is 0.805. The standard InChI is InChI=1S/C12H17NO4/c1-7-4-8(9(6-13)12(14)15)11(17-3)5-10(7)16-2/h4-5,9H,6,13H2,1-3H3,(H,14,15). The van der Waals surface area contributed by atoms with E-state index in [1.165, 1.54) is 7.11 Å². The Balaban J connectivity index is 3.31. The number of ether oxygens (including phenoxy) is 2. The first-order valence-electron chi connectivity index (χ1n) is 5.20. The van der Waals surface area contributed by atoms with Crippen LogP contribution in [0.4, 0.5) is 0 Å². The van der Waals surface area contributed by atoms with Gasteiger partial charge in [-0.05, 0) is 18.6 Å². The first kappa shape index (κ1) is 13.3. The van der Waals surface area contributed by atoms with E-state index in [1.54, 1.807) is 19.2 Å². The highest BCUT2D eigenvalue weighted by Gasteiger charge is 2.23. The number of aliphatic carboxylic acids is 1. The summed E-state index contributed by atoms with van der Waals surface area (Å²) in [6.07, 6.45) is 0. The van der Waals surface area contributed by atoms with Crippen LogP contribution in [0.3, 0.4) is 0 Å². The van der Waals surface area contributed by atoms with E-state index < -0.39 is 11.9 Å². The van der Waals surface area contributed by atoms with Crippen LogP contribution in [0.5, 0.6) is 11.5 Å². The largest absolute Gasteiger partial charge is 0.496 e. The molecule has 1 aromatic carbocycles. The number of hydrogen-bond acceptors (Lipinski definition) is 4. The van der Waals surface area contributed by atoms with Crippen molar-refractivity contribution in [2.24, 2.45) is 5.73 Å². The lowest BCUT2D eigenvalue weighted by atomic mass is 9.96. The Bertz CT molecular complexity index is 417. The summed E-state index contributed by atoms with van der Waals surface area (Å²) in [6, 6.07) is 3.42. The van der Waals surface area contributed by atoms with Gasteiger partial charge in [-0.3, -0.25) is 4.79 Å². The zero-order chi connectivity index (χ0) is 13.0. The molecule has 3 N–H and O–H groups in total. The minimum Gasteiger partial charge on any atom is -0.496 e. The molecule has 1 rings (SSSR count). The number of carboxylic acid groups (broad SMARTS) is 1. The minimum absolute atomic E-state index is 0.0253. The number of carbonyl (C=O) groups is 1. The summed E-state index contributed by atoms with van der Waals surface area (Å²) in [5.41, 5.74) is 6.90. The molecule has 5 heteroatoms. The Hall–Kier alpha value is -1.75. The lowest BCUT2D eigenvalue weighted by molar-refractivity contribution is -0.138. The Morgan fingerprint density at radius 3 is 2.35 bits per heavy atom. The first-order chi connectivity index (χ1) is 8.04. The number of hydrogen-bond donors (Lipinski definition) is 2. The van der Waals surface area contributed by atoms with Crippen LogP contribution in [0.15, 0.2) is 12.1 Å². The molecule has 0 radical (unpaired) electrons. The maximum Gasteiger partial charge on any atom is 0.312 e. The molecule has 1 aromatic rings. The molecule has 0 aliphatic carbocycles. The number of benzene rings is 1. The number of rotatable bonds is 5. The van der Waals surface area contributed by atoms with E-state index in [-0.39, 0.29) is 6.54 Å². The van der Waals surface area contributed by atoms with Gasteiger partial charge >= 0.3 is 5.97 Å². The van der Waals surface area contributed by atoms with Crippen LogP contribution in [0.25, 0.3) is 0 Å². The fraction of sp³-hybridized carbons (Fsp3) is 0.417. The highest BCUT2D eigenvalue weighted by atomic mass is 16.5. The average Bonchev–Trinajstić information content (AvgIpc) is 2.30. The van der Waals surface area contributed by atoms with Gasteiger partial charge in [0, 0.05) is 18.2 Å². The molecule has 0 aliphatic rings. The van der Waals surface area contributed by atoms with Crippen molar-refractivity contribution in [1.82, 2.24) is 0 Å². The van der Waals surface area contributed by atoms with Gasteiger partial charge in [0.1, 0.15) is 11.5 Å². The zero-order valence-corrected chi connectivity index (χ0v) is 10.2. The highest BCUT2D eigenvalue weighted by Crippen LogP contribution is 2.33. The summed E-state index contributed by atoms with van der Waals surface area (Å²) in [5, 5.41) is 9.10. The van der Waals surface area contributed by atoms with Gasteiger partial charge in [-0.2, -0.15) is 0 Å². The molecule has 0 aromatic heterocycles. The molecular weight excluding hydrogens is 222 g/mol. The van der Waals surface area contributed by atoms with Crippen LogP contribution in [0, 0.1) is 6.92 Å². The van der Waals surface area contributed by atoms with Gasteiger partial charge in [-0.1, -0.05) is 0 Å². The van der Waals surface area contributed by atoms with Gasteiger partial charge in [-0.15, -0.1) is 0 Å². The van der Waals surface area contributed by atoms with Crippen LogP contribution in [-0.2, 0) is 4.79 Å². The molecule has 0 aliphatic heterocycles. The fourth-order valence-corrected chi connectivity index (χ4v) is 1.72. The number of nitrogens with two attached hydrogens (primary N) is 1. The van der Waals surface area contributed by atoms with E-state index in [4.69, 9.17) is 20.3 Å². The molecule has 5 nitrogen and oxygen atoms in total. The predicted molar refractivity (Wildman–Crippen MR) is 63.7 cm³/mol. The molecule has 17 heavy (non-hydrogen) atoms.